The molecule has 4 nitrogen and oxygen atoms in total. The summed E-state index contributed by atoms with van der Waals surface area (Å²) in [7, 11) is 0. The summed E-state index contributed by atoms with van der Waals surface area (Å²) in [5.41, 5.74) is 2.30. The minimum Gasteiger partial charge on any atom is -0.492 e. The maximum absolute atomic E-state index is 12.2. The molecule has 3 aromatic rings. The Hall–Kier alpha value is -2.63. The molecule has 1 amide bonds. The maximum Gasteiger partial charge on any atom is 0.234 e. The van der Waals surface area contributed by atoms with Crippen molar-refractivity contribution >= 4 is 17.2 Å². The first-order valence-corrected chi connectivity index (χ1v) is 9.88. The third kappa shape index (κ3) is 5.94. The normalized spacial score (nSPS) is 11.7. The fraction of sp³-hybridized carbons (Fsp3) is 0.227. The van der Waals surface area contributed by atoms with Crippen LogP contribution in [0.15, 0.2) is 72.1 Å². The molecule has 0 fully saturated rings. The van der Waals surface area contributed by atoms with Crippen molar-refractivity contribution in [1.29, 1.82) is 0 Å². The Morgan fingerprint density at radius 3 is 2.67 bits per heavy atom. The SMILES string of the molecule is Cc1cccc(OCCNC(=O)CN[C@H](c2ccccc2)c2cccs2)c1. The van der Waals surface area contributed by atoms with Gasteiger partial charge in [-0.25, -0.2) is 0 Å². The van der Waals surface area contributed by atoms with Gasteiger partial charge in [0.25, 0.3) is 0 Å². The van der Waals surface area contributed by atoms with Crippen LogP contribution in [0.2, 0.25) is 0 Å². The number of aryl methyl sites for hydroxylation is 1. The van der Waals surface area contributed by atoms with Gasteiger partial charge in [0.2, 0.25) is 5.91 Å². The Labute approximate surface area is 164 Å². The van der Waals surface area contributed by atoms with Gasteiger partial charge in [0.15, 0.2) is 0 Å². The summed E-state index contributed by atoms with van der Waals surface area (Å²) in [6.07, 6.45) is 0. The summed E-state index contributed by atoms with van der Waals surface area (Å²) in [5.74, 6) is 0.782. The molecule has 0 aliphatic rings. The van der Waals surface area contributed by atoms with E-state index in [0.717, 1.165) is 16.9 Å². The average molecular weight is 381 g/mol. The van der Waals surface area contributed by atoms with E-state index in [2.05, 4.69) is 34.2 Å². The fourth-order valence-corrected chi connectivity index (χ4v) is 3.63. The van der Waals surface area contributed by atoms with Gasteiger partial charge < -0.3 is 10.1 Å². The van der Waals surface area contributed by atoms with E-state index in [9.17, 15) is 4.79 Å². The van der Waals surface area contributed by atoms with Crippen molar-refractivity contribution in [3.8, 4) is 5.75 Å². The van der Waals surface area contributed by atoms with E-state index < -0.39 is 0 Å². The summed E-state index contributed by atoms with van der Waals surface area (Å²) in [6.45, 7) is 3.20. The van der Waals surface area contributed by atoms with Crippen LogP contribution in [0.4, 0.5) is 0 Å². The van der Waals surface area contributed by atoms with Crippen molar-refractivity contribution in [1.82, 2.24) is 10.6 Å². The molecule has 1 aromatic heterocycles. The highest BCUT2D eigenvalue weighted by atomic mass is 32.1. The molecular formula is C22H24N2O2S. The maximum atomic E-state index is 12.2. The lowest BCUT2D eigenvalue weighted by molar-refractivity contribution is -0.120. The Balaban J connectivity index is 1.45. The number of rotatable bonds is 9. The average Bonchev–Trinajstić information content (AvgIpc) is 3.21. The summed E-state index contributed by atoms with van der Waals surface area (Å²) in [6, 6.07) is 22.2. The first kappa shape index (κ1) is 19.1. The molecule has 0 radical (unpaired) electrons. The molecule has 1 heterocycles. The topological polar surface area (TPSA) is 50.4 Å². The largest absolute Gasteiger partial charge is 0.492 e. The molecule has 1 atom stereocenters. The Morgan fingerprint density at radius 1 is 1.07 bits per heavy atom. The minimum absolute atomic E-state index is 0.0143. The predicted octanol–water partition coefficient (Wildman–Crippen LogP) is 3.93. The zero-order valence-corrected chi connectivity index (χ0v) is 16.2. The van der Waals surface area contributed by atoms with Crippen LogP contribution in [0.25, 0.3) is 0 Å². The number of carbonyl (C=O) groups is 1. The summed E-state index contributed by atoms with van der Waals surface area (Å²) >= 11 is 1.68. The molecule has 0 saturated heterocycles. The van der Waals surface area contributed by atoms with E-state index in [1.54, 1.807) is 11.3 Å². The number of nitrogens with one attached hydrogen (secondary N) is 2. The van der Waals surface area contributed by atoms with Gasteiger partial charge in [0.05, 0.1) is 19.1 Å². The van der Waals surface area contributed by atoms with Crippen LogP contribution in [0, 0.1) is 6.92 Å². The number of amides is 1. The Kier molecular flexibility index (Phi) is 7.02. The number of carbonyl (C=O) groups excluding carboxylic acids is 1. The number of hydrogen-bond acceptors (Lipinski definition) is 4. The van der Waals surface area contributed by atoms with Crippen molar-refractivity contribution in [3.05, 3.63) is 88.1 Å². The highest BCUT2D eigenvalue weighted by Gasteiger charge is 2.15. The van der Waals surface area contributed by atoms with Gasteiger partial charge in [-0.3, -0.25) is 10.1 Å². The van der Waals surface area contributed by atoms with E-state index in [1.165, 1.54) is 4.88 Å². The minimum atomic E-state index is -0.0414. The lowest BCUT2D eigenvalue weighted by Gasteiger charge is -2.18. The van der Waals surface area contributed by atoms with Crippen molar-refractivity contribution in [3.63, 3.8) is 0 Å². The molecule has 2 aromatic carbocycles. The first-order chi connectivity index (χ1) is 13.2. The Morgan fingerprint density at radius 2 is 1.93 bits per heavy atom. The summed E-state index contributed by atoms with van der Waals surface area (Å²) < 4.78 is 5.66. The van der Waals surface area contributed by atoms with Gasteiger partial charge in [-0.1, -0.05) is 48.5 Å². The quantitative estimate of drug-likeness (QED) is 0.553. The monoisotopic (exact) mass is 380 g/mol. The molecule has 0 unspecified atom stereocenters. The predicted molar refractivity (Wildman–Crippen MR) is 110 cm³/mol. The van der Waals surface area contributed by atoms with Gasteiger partial charge in [0.1, 0.15) is 12.4 Å². The van der Waals surface area contributed by atoms with Crippen molar-refractivity contribution in [2.45, 2.75) is 13.0 Å². The standard InChI is InChI=1S/C22H24N2O2S/c1-17-7-5-10-19(15-17)26-13-12-23-21(25)16-24-22(20-11-6-14-27-20)18-8-3-2-4-9-18/h2-11,14-15,22,24H,12-13,16H2,1H3,(H,23,25)/t22-/m1/s1. The molecule has 27 heavy (non-hydrogen) atoms. The van der Waals surface area contributed by atoms with E-state index in [1.807, 2.05) is 55.5 Å². The lowest BCUT2D eigenvalue weighted by Crippen LogP contribution is -2.37. The third-order valence-electron chi connectivity index (χ3n) is 4.11. The zero-order valence-electron chi connectivity index (χ0n) is 15.4. The molecule has 0 aliphatic heterocycles. The van der Waals surface area contributed by atoms with E-state index in [-0.39, 0.29) is 18.5 Å². The highest BCUT2D eigenvalue weighted by molar-refractivity contribution is 7.10. The summed E-state index contributed by atoms with van der Waals surface area (Å²) in [5, 5.41) is 8.31. The fourth-order valence-electron chi connectivity index (χ4n) is 2.81. The van der Waals surface area contributed by atoms with Crippen LogP contribution in [0.3, 0.4) is 0 Å². The van der Waals surface area contributed by atoms with Crippen LogP contribution in [-0.2, 0) is 4.79 Å². The van der Waals surface area contributed by atoms with Crippen LogP contribution in [0.1, 0.15) is 22.0 Å². The smallest absolute Gasteiger partial charge is 0.234 e. The number of hydrogen-bond donors (Lipinski definition) is 2. The third-order valence-corrected chi connectivity index (χ3v) is 5.05. The van der Waals surface area contributed by atoms with Crippen molar-refractivity contribution in [2.75, 3.05) is 19.7 Å². The molecule has 2 N–H and O–H groups in total. The summed E-state index contributed by atoms with van der Waals surface area (Å²) in [4.78, 5) is 13.4. The molecule has 0 saturated carbocycles. The first-order valence-electron chi connectivity index (χ1n) is 9.00. The second-order valence-corrected chi connectivity index (χ2v) is 7.23. The second-order valence-electron chi connectivity index (χ2n) is 6.25. The molecule has 5 heteroatoms. The zero-order chi connectivity index (χ0) is 18.9. The number of ether oxygens (including phenoxy) is 1. The van der Waals surface area contributed by atoms with E-state index in [4.69, 9.17) is 4.74 Å². The number of benzene rings is 2. The number of thiophene rings is 1. The van der Waals surface area contributed by atoms with Gasteiger partial charge in [-0.05, 0) is 41.6 Å². The lowest BCUT2D eigenvalue weighted by atomic mass is 10.1. The van der Waals surface area contributed by atoms with Crippen molar-refractivity contribution in [2.24, 2.45) is 0 Å². The van der Waals surface area contributed by atoms with E-state index >= 15 is 0 Å². The van der Waals surface area contributed by atoms with Crippen LogP contribution < -0.4 is 15.4 Å². The van der Waals surface area contributed by atoms with Crippen LogP contribution in [-0.4, -0.2) is 25.6 Å². The highest BCUT2D eigenvalue weighted by Crippen LogP contribution is 2.25. The van der Waals surface area contributed by atoms with Gasteiger partial charge in [0, 0.05) is 4.88 Å². The Bertz CT molecular complexity index is 835. The molecule has 0 bridgehead atoms. The molecule has 0 aliphatic carbocycles. The van der Waals surface area contributed by atoms with Gasteiger partial charge >= 0.3 is 0 Å². The molecule has 0 spiro atoms. The van der Waals surface area contributed by atoms with Gasteiger partial charge in [-0.2, -0.15) is 0 Å². The molecule has 140 valence electrons. The van der Waals surface area contributed by atoms with Crippen LogP contribution >= 0.6 is 11.3 Å². The molecule has 3 rings (SSSR count). The van der Waals surface area contributed by atoms with Gasteiger partial charge in [-0.15, -0.1) is 11.3 Å². The van der Waals surface area contributed by atoms with E-state index in [0.29, 0.717) is 13.2 Å². The molecular weight excluding hydrogens is 356 g/mol. The second kappa shape index (κ2) is 9.90. The van der Waals surface area contributed by atoms with Crippen LogP contribution in [0.5, 0.6) is 5.75 Å². The van der Waals surface area contributed by atoms with Crippen molar-refractivity contribution < 1.29 is 9.53 Å².